The summed E-state index contributed by atoms with van der Waals surface area (Å²) < 4.78 is 2.24. The second-order valence-corrected chi connectivity index (χ2v) is 11.7. The Kier molecular flexibility index (Phi) is 3.54. The molecule has 0 atom stereocenters. The first-order valence-electron chi connectivity index (χ1n) is 11.0. The largest absolute Gasteiger partial charge is 0.282 e. The molecule has 0 saturated carbocycles. The van der Waals surface area contributed by atoms with Gasteiger partial charge in [-0.2, -0.15) is 0 Å². The predicted octanol–water partition coefficient (Wildman–Crippen LogP) is 6.93. The molecule has 3 heteroatoms. The molecule has 0 aliphatic heterocycles. The molecule has 2 heterocycles. The highest BCUT2D eigenvalue weighted by molar-refractivity contribution is 5.99. The number of aromatic nitrogens is 3. The topological polar surface area (TPSA) is 30.2 Å². The van der Waals surface area contributed by atoms with Crippen molar-refractivity contribution < 1.29 is 0 Å². The van der Waals surface area contributed by atoms with Crippen molar-refractivity contribution in [3.8, 4) is 0 Å². The van der Waals surface area contributed by atoms with E-state index in [9.17, 15) is 0 Å². The molecule has 0 saturated heterocycles. The molecule has 0 spiro atoms. The van der Waals surface area contributed by atoms with Gasteiger partial charge < -0.3 is 0 Å². The first-order valence-corrected chi connectivity index (χ1v) is 11.0. The summed E-state index contributed by atoms with van der Waals surface area (Å²) in [6, 6.07) is 11.0. The highest BCUT2D eigenvalue weighted by atomic mass is 15.1. The van der Waals surface area contributed by atoms with Gasteiger partial charge >= 0.3 is 0 Å². The minimum Gasteiger partial charge on any atom is -0.282 e. The molecule has 4 aromatic rings. The molecule has 156 valence electrons. The molecule has 0 radical (unpaired) electrons. The zero-order valence-corrected chi connectivity index (χ0v) is 19.8. The molecule has 5 rings (SSSR count). The van der Waals surface area contributed by atoms with Gasteiger partial charge in [-0.25, -0.2) is 9.97 Å². The van der Waals surface area contributed by atoms with Crippen LogP contribution in [0.15, 0.2) is 36.7 Å². The second kappa shape index (κ2) is 5.43. The van der Waals surface area contributed by atoms with Gasteiger partial charge in [-0.05, 0) is 50.5 Å². The lowest BCUT2D eigenvalue weighted by Gasteiger charge is -2.44. The maximum atomic E-state index is 5.13. The van der Waals surface area contributed by atoms with Gasteiger partial charge in [0.15, 0.2) is 0 Å². The van der Waals surface area contributed by atoms with Gasteiger partial charge in [0.25, 0.3) is 0 Å². The molecule has 0 bridgehead atoms. The smallest absolute Gasteiger partial charge is 0.148 e. The number of rotatable bonds is 0. The van der Waals surface area contributed by atoms with Crippen molar-refractivity contribution in [3.05, 3.63) is 53.3 Å². The Morgan fingerprint density at radius 2 is 1.57 bits per heavy atom. The lowest BCUT2D eigenvalue weighted by molar-refractivity contribution is 0.125. The Labute approximate surface area is 179 Å². The number of nitrogens with zero attached hydrogens (tertiary/aromatic N) is 3. The lowest BCUT2D eigenvalue weighted by atomic mass is 9.59. The Morgan fingerprint density at radius 1 is 0.867 bits per heavy atom. The van der Waals surface area contributed by atoms with Crippen LogP contribution in [0.3, 0.4) is 0 Å². The van der Waals surface area contributed by atoms with Crippen LogP contribution in [0.2, 0.25) is 0 Å². The van der Waals surface area contributed by atoms with E-state index in [1.807, 2.05) is 6.33 Å². The quantitative estimate of drug-likeness (QED) is 0.321. The van der Waals surface area contributed by atoms with Crippen LogP contribution in [0, 0.1) is 5.41 Å². The van der Waals surface area contributed by atoms with Crippen molar-refractivity contribution >= 4 is 27.6 Å². The van der Waals surface area contributed by atoms with Crippen LogP contribution in [0.5, 0.6) is 0 Å². The molecule has 2 aromatic heterocycles. The Morgan fingerprint density at radius 3 is 2.23 bits per heavy atom. The predicted molar refractivity (Wildman–Crippen MR) is 127 cm³/mol. The second-order valence-electron chi connectivity index (χ2n) is 11.7. The summed E-state index contributed by atoms with van der Waals surface area (Å²) in [6.07, 6.45) is 2.00. The fraction of sp³-hybridized carbons (Fsp3) is 0.481. The van der Waals surface area contributed by atoms with Crippen LogP contribution in [0.4, 0.5) is 0 Å². The summed E-state index contributed by atoms with van der Waals surface area (Å²) >= 11 is 0. The average Bonchev–Trinajstić information content (AvgIpc) is 3.08. The summed E-state index contributed by atoms with van der Waals surface area (Å²) in [4.78, 5) is 10.1. The van der Waals surface area contributed by atoms with E-state index in [4.69, 9.17) is 9.97 Å². The highest BCUT2D eigenvalue weighted by Gasteiger charge is 2.57. The van der Waals surface area contributed by atoms with Crippen molar-refractivity contribution in [2.75, 3.05) is 0 Å². The summed E-state index contributed by atoms with van der Waals surface area (Å²) in [5, 5.41) is 1.13. The maximum absolute atomic E-state index is 5.13. The number of benzene rings is 2. The monoisotopic (exact) mass is 399 g/mol. The zero-order valence-electron chi connectivity index (χ0n) is 19.8. The fourth-order valence-corrected chi connectivity index (χ4v) is 5.66. The van der Waals surface area contributed by atoms with Crippen LogP contribution in [0.25, 0.3) is 27.6 Å². The summed E-state index contributed by atoms with van der Waals surface area (Å²) in [5.41, 5.74) is 8.73. The molecule has 2 aromatic carbocycles. The highest BCUT2D eigenvalue weighted by Crippen LogP contribution is 2.62. The first kappa shape index (κ1) is 19.5. The third-order valence-corrected chi connectivity index (χ3v) is 8.66. The Balaban J connectivity index is 1.96. The van der Waals surface area contributed by atoms with Gasteiger partial charge in [-0.3, -0.25) is 4.40 Å². The van der Waals surface area contributed by atoms with Gasteiger partial charge in [0.05, 0.1) is 16.6 Å². The Hall–Kier alpha value is -2.42. The van der Waals surface area contributed by atoms with Crippen molar-refractivity contribution in [1.29, 1.82) is 0 Å². The molecule has 1 aliphatic carbocycles. The van der Waals surface area contributed by atoms with E-state index in [1.54, 1.807) is 0 Å². The molecule has 3 nitrogen and oxygen atoms in total. The van der Waals surface area contributed by atoms with Crippen LogP contribution < -0.4 is 0 Å². The van der Waals surface area contributed by atoms with Crippen molar-refractivity contribution in [2.24, 2.45) is 5.41 Å². The summed E-state index contributed by atoms with van der Waals surface area (Å²) in [6.45, 7) is 21.1. The maximum Gasteiger partial charge on any atom is 0.148 e. The standard InChI is InChI=1S/C27H33N3/c1-24(2,3)18-12-10-11-16-21(18)28-15-30-22-19(29-23(16)30)14-13-17-20(22)26(6,7)27(8,9)25(17,4)5/h10-15H,1-9H3. The van der Waals surface area contributed by atoms with E-state index in [0.29, 0.717) is 0 Å². The summed E-state index contributed by atoms with van der Waals surface area (Å²) in [5.74, 6) is 0. The van der Waals surface area contributed by atoms with Crippen molar-refractivity contribution in [3.63, 3.8) is 0 Å². The average molecular weight is 400 g/mol. The first-order chi connectivity index (χ1) is 13.8. The normalized spacial score (nSPS) is 19.6. The molecule has 0 unspecified atom stereocenters. The molecule has 0 amide bonds. The third kappa shape index (κ3) is 2.11. The van der Waals surface area contributed by atoms with Crippen LogP contribution in [0.1, 0.15) is 79.0 Å². The Bertz CT molecular complexity index is 1340. The van der Waals surface area contributed by atoms with Gasteiger partial charge in [0.2, 0.25) is 0 Å². The van der Waals surface area contributed by atoms with E-state index >= 15 is 0 Å². The number of hydrogen-bond donors (Lipinski definition) is 0. The fourth-order valence-electron chi connectivity index (χ4n) is 5.66. The molecular formula is C27H33N3. The minimum absolute atomic E-state index is 0.0174. The van der Waals surface area contributed by atoms with Gasteiger partial charge in [0, 0.05) is 5.39 Å². The van der Waals surface area contributed by atoms with E-state index in [0.717, 1.165) is 22.1 Å². The minimum atomic E-state index is 0.0174. The molecule has 0 N–H and O–H groups in total. The van der Waals surface area contributed by atoms with Crippen LogP contribution >= 0.6 is 0 Å². The van der Waals surface area contributed by atoms with Gasteiger partial charge in [-0.1, -0.05) is 80.5 Å². The van der Waals surface area contributed by atoms with E-state index in [1.165, 1.54) is 22.2 Å². The number of hydrogen-bond acceptors (Lipinski definition) is 2. The van der Waals surface area contributed by atoms with E-state index in [-0.39, 0.29) is 21.7 Å². The SMILES string of the molecule is CC(C)(C)c1cccc2c1ncn1c2nc2ccc3c(c21)C(C)(C)C(C)(C)C3(C)C. The lowest BCUT2D eigenvalue weighted by Crippen LogP contribution is -2.42. The van der Waals surface area contributed by atoms with Crippen molar-refractivity contribution in [1.82, 2.24) is 14.4 Å². The van der Waals surface area contributed by atoms with E-state index in [2.05, 4.69) is 97.0 Å². The van der Waals surface area contributed by atoms with Crippen LogP contribution in [-0.4, -0.2) is 14.4 Å². The number of para-hydroxylation sites is 1. The molecule has 0 fully saturated rings. The van der Waals surface area contributed by atoms with Gasteiger partial charge in [-0.15, -0.1) is 0 Å². The number of imidazole rings is 1. The van der Waals surface area contributed by atoms with Gasteiger partial charge in [0.1, 0.15) is 12.0 Å². The summed E-state index contributed by atoms with van der Waals surface area (Å²) in [7, 11) is 0. The van der Waals surface area contributed by atoms with Crippen LogP contribution in [-0.2, 0) is 16.2 Å². The molecule has 30 heavy (non-hydrogen) atoms. The number of fused-ring (bicyclic) bond motifs is 7. The zero-order chi connectivity index (χ0) is 21.9. The third-order valence-electron chi connectivity index (χ3n) is 8.66. The van der Waals surface area contributed by atoms with Crippen molar-refractivity contribution in [2.45, 2.75) is 78.6 Å². The van der Waals surface area contributed by atoms with E-state index < -0.39 is 0 Å². The molecular weight excluding hydrogens is 366 g/mol. The molecule has 1 aliphatic rings.